The van der Waals surface area contributed by atoms with Crippen molar-refractivity contribution in [2.24, 2.45) is 0 Å². The van der Waals surface area contributed by atoms with Gasteiger partial charge in [0.1, 0.15) is 0 Å². The van der Waals surface area contributed by atoms with Gasteiger partial charge in [0.2, 0.25) is 0 Å². The molecule has 0 amide bonds. The van der Waals surface area contributed by atoms with Crippen molar-refractivity contribution in [3.05, 3.63) is 0 Å². The van der Waals surface area contributed by atoms with Crippen molar-refractivity contribution in [3.8, 4) is 0 Å². The van der Waals surface area contributed by atoms with Crippen LogP contribution in [0.25, 0.3) is 0 Å². The third-order valence-corrected chi connectivity index (χ3v) is 5.40. The number of halogens is 1. The molecule has 2 heterocycles. The van der Waals surface area contributed by atoms with Crippen LogP contribution in [0.2, 0.25) is 0 Å². The minimum Gasteiger partial charge on any atom is -0.306 e. The van der Waals surface area contributed by atoms with Crippen molar-refractivity contribution in [1.82, 2.24) is 9.34 Å². The Labute approximate surface area is 86.9 Å². The molecular formula is C7H14BrN2O2P. The Morgan fingerprint density at radius 1 is 1.38 bits per heavy atom. The highest BCUT2D eigenvalue weighted by molar-refractivity contribution is 9.09. The first-order chi connectivity index (χ1) is 6.27. The summed E-state index contributed by atoms with van der Waals surface area (Å²) in [5.41, 5.74) is 0. The molecule has 13 heavy (non-hydrogen) atoms. The topological polar surface area (TPSA) is 32.5 Å². The molecule has 4 nitrogen and oxygen atoms in total. The maximum Gasteiger partial charge on any atom is 0.346 e. The highest BCUT2D eigenvalue weighted by Gasteiger charge is 2.45. The highest BCUT2D eigenvalue weighted by Crippen LogP contribution is 2.59. The number of alkyl halides is 1. The van der Waals surface area contributed by atoms with Crippen LogP contribution in [0.5, 0.6) is 0 Å². The summed E-state index contributed by atoms with van der Waals surface area (Å²) < 4.78 is 21.7. The van der Waals surface area contributed by atoms with E-state index >= 15 is 0 Å². The van der Waals surface area contributed by atoms with Crippen LogP contribution in [0, 0.1) is 0 Å². The quantitative estimate of drug-likeness (QED) is 0.442. The first kappa shape index (κ1) is 10.1. The third-order valence-electron chi connectivity index (χ3n) is 2.30. The molecule has 2 aliphatic rings. The maximum absolute atomic E-state index is 12.3. The van der Waals surface area contributed by atoms with E-state index in [9.17, 15) is 4.57 Å². The number of hydrogen-bond donors (Lipinski definition) is 0. The van der Waals surface area contributed by atoms with E-state index in [-0.39, 0.29) is 0 Å². The van der Waals surface area contributed by atoms with Crippen LogP contribution in [0.1, 0.15) is 6.42 Å². The van der Waals surface area contributed by atoms with Crippen molar-refractivity contribution in [1.29, 1.82) is 0 Å². The molecule has 0 aromatic carbocycles. The van der Waals surface area contributed by atoms with Crippen molar-refractivity contribution < 1.29 is 9.09 Å². The Hall–Kier alpha value is 0.590. The second-order valence-corrected chi connectivity index (χ2v) is 6.44. The number of rotatable bonds is 3. The Morgan fingerprint density at radius 2 is 2.15 bits per heavy atom. The average Bonchev–Trinajstić information content (AvgIpc) is 2.92. The molecule has 2 aliphatic heterocycles. The van der Waals surface area contributed by atoms with Gasteiger partial charge in [-0.2, -0.15) is 0 Å². The molecule has 0 aliphatic carbocycles. The largest absolute Gasteiger partial charge is 0.346 e. The molecule has 2 rings (SSSR count). The summed E-state index contributed by atoms with van der Waals surface area (Å²) in [5, 5.41) is 0.855. The van der Waals surface area contributed by atoms with E-state index in [0.29, 0.717) is 6.61 Å². The van der Waals surface area contributed by atoms with Gasteiger partial charge >= 0.3 is 7.67 Å². The standard InChI is InChI=1S/C7H14BrN2O2P/c8-2-4-9-3-1-7-12-13(9,11)10-5-6-10/h1-7H2. The molecule has 6 heteroatoms. The molecule has 0 aromatic rings. The lowest BCUT2D eigenvalue weighted by Crippen LogP contribution is -2.32. The molecule has 76 valence electrons. The van der Waals surface area contributed by atoms with Gasteiger partial charge in [-0.15, -0.1) is 0 Å². The minimum atomic E-state index is -2.56. The van der Waals surface area contributed by atoms with Gasteiger partial charge in [0.25, 0.3) is 0 Å². The molecule has 1 unspecified atom stereocenters. The van der Waals surface area contributed by atoms with E-state index in [4.69, 9.17) is 4.52 Å². The number of hydrogen-bond acceptors (Lipinski definition) is 2. The van der Waals surface area contributed by atoms with Gasteiger partial charge in [0.15, 0.2) is 0 Å². The normalized spacial score (nSPS) is 36.4. The predicted octanol–water partition coefficient (Wildman–Crippen LogP) is 1.53. The Kier molecular flexibility index (Phi) is 3.11. The van der Waals surface area contributed by atoms with Crippen LogP contribution in [0.4, 0.5) is 0 Å². The van der Waals surface area contributed by atoms with E-state index < -0.39 is 7.67 Å². The van der Waals surface area contributed by atoms with Crippen LogP contribution >= 0.6 is 23.6 Å². The summed E-state index contributed by atoms with van der Waals surface area (Å²) in [6.45, 7) is 4.21. The van der Waals surface area contributed by atoms with Gasteiger partial charge in [-0.25, -0.2) is 9.34 Å². The summed E-state index contributed by atoms with van der Waals surface area (Å²) in [6, 6.07) is 0. The first-order valence-corrected chi connectivity index (χ1v) is 7.24. The molecule has 0 radical (unpaired) electrons. The maximum atomic E-state index is 12.3. The summed E-state index contributed by atoms with van der Waals surface area (Å²) in [7, 11) is -2.56. The monoisotopic (exact) mass is 268 g/mol. The van der Waals surface area contributed by atoms with E-state index in [2.05, 4.69) is 15.9 Å². The van der Waals surface area contributed by atoms with Crippen molar-refractivity contribution >= 4 is 23.6 Å². The first-order valence-electron chi connectivity index (χ1n) is 4.59. The van der Waals surface area contributed by atoms with Crippen molar-refractivity contribution in [2.75, 3.05) is 38.1 Å². The molecule has 1 atom stereocenters. The van der Waals surface area contributed by atoms with Gasteiger partial charge in [0.05, 0.1) is 6.61 Å². The zero-order chi connectivity index (χ0) is 9.31. The van der Waals surface area contributed by atoms with Gasteiger partial charge in [0, 0.05) is 31.5 Å². The van der Waals surface area contributed by atoms with Gasteiger partial charge in [-0.05, 0) is 6.42 Å². The lowest BCUT2D eigenvalue weighted by atomic mass is 10.4. The lowest BCUT2D eigenvalue weighted by molar-refractivity contribution is 0.193. The second kappa shape index (κ2) is 3.99. The highest BCUT2D eigenvalue weighted by atomic mass is 79.9. The van der Waals surface area contributed by atoms with Gasteiger partial charge < -0.3 is 4.52 Å². The Morgan fingerprint density at radius 3 is 2.77 bits per heavy atom. The zero-order valence-corrected chi connectivity index (χ0v) is 9.97. The fraction of sp³-hybridized carbons (Fsp3) is 1.00. The summed E-state index contributed by atoms with van der Waals surface area (Å²) >= 11 is 3.37. The predicted molar refractivity (Wildman–Crippen MR) is 55.1 cm³/mol. The lowest BCUT2D eigenvalue weighted by Gasteiger charge is -2.34. The van der Waals surface area contributed by atoms with Crippen molar-refractivity contribution in [3.63, 3.8) is 0 Å². The molecule has 0 bridgehead atoms. The van der Waals surface area contributed by atoms with Crippen LogP contribution < -0.4 is 0 Å². The Bertz CT molecular complexity index is 233. The fourth-order valence-corrected chi connectivity index (χ4v) is 4.63. The molecule has 2 fully saturated rings. The van der Waals surface area contributed by atoms with E-state index in [0.717, 1.165) is 37.9 Å². The van der Waals surface area contributed by atoms with E-state index in [1.54, 1.807) is 0 Å². The van der Waals surface area contributed by atoms with Crippen LogP contribution in [-0.2, 0) is 9.09 Å². The van der Waals surface area contributed by atoms with Crippen LogP contribution in [0.15, 0.2) is 0 Å². The van der Waals surface area contributed by atoms with E-state index in [1.807, 2.05) is 9.34 Å². The van der Waals surface area contributed by atoms with Gasteiger partial charge in [-0.3, -0.25) is 4.57 Å². The second-order valence-electron chi connectivity index (χ2n) is 3.27. The summed E-state index contributed by atoms with van der Waals surface area (Å²) in [4.78, 5) is 0. The SMILES string of the molecule is O=P1(N2CC2)OCCCN1CCBr. The van der Waals surface area contributed by atoms with Gasteiger partial charge in [-0.1, -0.05) is 15.9 Å². The smallest absolute Gasteiger partial charge is 0.306 e. The summed E-state index contributed by atoms with van der Waals surface area (Å²) in [5.74, 6) is 0. The molecule has 0 saturated carbocycles. The third kappa shape index (κ3) is 2.00. The Balaban J connectivity index is 2.07. The van der Waals surface area contributed by atoms with E-state index in [1.165, 1.54) is 0 Å². The zero-order valence-electron chi connectivity index (χ0n) is 7.49. The molecular weight excluding hydrogens is 255 g/mol. The fourth-order valence-electron chi connectivity index (χ4n) is 1.53. The number of nitrogens with zero attached hydrogens (tertiary/aromatic N) is 2. The van der Waals surface area contributed by atoms with Crippen LogP contribution in [0.3, 0.4) is 0 Å². The minimum absolute atomic E-state index is 0.645. The summed E-state index contributed by atoms with van der Waals surface area (Å²) in [6.07, 6.45) is 0.991. The molecule has 0 aromatic heterocycles. The molecule has 0 spiro atoms. The van der Waals surface area contributed by atoms with Crippen molar-refractivity contribution in [2.45, 2.75) is 6.42 Å². The average molecular weight is 269 g/mol. The molecule has 2 saturated heterocycles. The van der Waals surface area contributed by atoms with Crippen LogP contribution in [-0.4, -0.2) is 47.5 Å². The molecule has 0 N–H and O–H groups in total.